The van der Waals surface area contributed by atoms with Crippen LogP contribution in [-0.2, 0) is 28.2 Å². The van der Waals surface area contributed by atoms with E-state index in [1.165, 1.54) is 19.1 Å². The molecule has 4 aliphatic rings. The minimum absolute atomic E-state index is 0.0189. The predicted octanol–water partition coefficient (Wildman–Crippen LogP) is 3.70. The van der Waals surface area contributed by atoms with E-state index in [1.54, 1.807) is 13.8 Å². The summed E-state index contributed by atoms with van der Waals surface area (Å²) in [5.74, 6) is -4.71. The fraction of sp³-hybridized carbons (Fsp3) is 0.741. The number of hydrogen-bond acceptors (Lipinski definition) is 7. The number of phosphoric ester groups is 1. The van der Waals surface area contributed by atoms with E-state index < -0.39 is 84.1 Å². The second-order valence-corrected chi connectivity index (χ2v) is 13.2. The van der Waals surface area contributed by atoms with Crippen LogP contribution in [0.5, 0.6) is 0 Å². The van der Waals surface area contributed by atoms with Crippen LogP contribution >= 0.6 is 7.82 Å². The summed E-state index contributed by atoms with van der Waals surface area (Å²) in [4.78, 5) is 57.2. The van der Waals surface area contributed by atoms with E-state index in [2.05, 4.69) is 4.52 Å². The Morgan fingerprint density at radius 1 is 1.21 bits per heavy atom. The number of esters is 1. The fourth-order valence-corrected chi connectivity index (χ4v) is 8.48. The summed E-state index contributed by atoms with van der Waals surface area (Å²) in [6.45, 7) is 5.47. The number of carbonyl (C=O) groups is 3. The standard InChI is InChI=1S/C27H37F2O9P/c1-5-6-7-23(33)38-27(22(32)14-37-39(34,35)36)15(2)10-17-18-12-20(28)19-11-16(30)8-9-24(19,3)26(18,29)21(31)13-25(17,27)4/h8-9,11,15,17-18,20-21,31H,5-7,10,12-14H2,1-4H3,(H2,34,35,36)/t15-,17?,18?,20+,21?,24+,25+,26+,27+/m1/s1. The molecule has 0 amide bonds. The number of rotatable bonds is 8. The molecule has 9 atom stereocenters. The highest BCUT2D eigenvalue weighted by atomic mass is 31.2. The van der Waals surface area contributed by atoms with Crippen molar-refractivity contribution in [2.75, 3.05) is 6.61 Å². The average molecular weight is 575 g/mol. The molecule has 4 rings (SSSR count). The van der Waals surface area contributed by atoms with Crippen LogP contribution < -0.4 is 0 Å². The first kappa shape index (κ1) is 30.2. The zero-order chi connectivity index (χ0) is 29.2. The highest BCUT2D eigenvalue weighted by Crippen LogP contribution is 2.71. The summed E-state index contributed by atoms with van der Waals surface area (Å²) in [5.41, 5.74) is -7.46. The number of hydrogen-bond donors (Lipinski definition) is 3. The molecular formula is C27H37F2O9P. The molecule has 3 unspecified atom stereocenters. The van der Waals surface area contributed by atoms with E-state index in [4.69, 9.17) is 4.74 Å². The van der Waals surface area contributed by atoms with Crippen LogP contribution in [0.2, 0.25) is 0 Å². The Hall–Kier alpha value is -1.78. The second kappa shape index (κ2) is 9.94. The van der Waals surface area contributed by atoms with Gasteiger partial charge in [0.2, 0.25) is 5.78 Å². The van der Waals surface area contributed by atoms with Gasteiger partial charge in [-0.2, -0.15) is 0 Å². The normalized spacial score (nSPS) is 43.3. The molecule has 0 radical (unpaired) electrons. The Morgan fingerprint density at radius 2 is 1.87 bits per heavy atom. The Labute approximate surface area is 226 Å². The third-order valence-corrected chi connectivity index (χ3v) is 10.4. The largest absolute Gasteiger partial charge is 0.470 e. The number of ketones is 2. The van der Waals surface area contributed by atoms with Gasteiger partial charge in [0.15, 0.2) is 17.1 Å². The summed E-state index contributed by atoms with van der Waals surface area (Å²) in [7, 11) is -5.07. The smallest absolute Gasteiger partial charge is 0.450 e. The lowest BCUT2D eigenvalue weighted by Crippen LogP contribution is -2.71. The van der Waals surface area contributed by atoms with E-state index in [-0.39, 0.29) is 31.3 Å². The minimum Gasteiger partial charge on any atom is -0.450 e. The molecule has 3 fully saturated rings. The van der Waals surface area contributed by atoms with Crippen molar-refractivity contribution in [1.29, 1.82) is 0 Å². The number of ether oxygens (including phenoxy) is 1. The summed E-state index contributed by atoms with van der Waals surface area (Å²) < 4.78 is 54.9. The van der Waals surface area contributed by atoms with E-state index in [0.29, 0.717) is 12.8 Å². The topological polar surface area (TPSA) is 147 Å². The highest BCUT2D eigenvalue weighted by molar-refractivity contribution is 7.46. The number of fused-ring (bicyclic) bond motifs is 5. The van der Waals surface area contributed by atoms with Crippen molar-refractivity contribution in [3.05, 3.63) is 23.8 Å². The van der Waals surface area contributed by atoms with Gasteiger partial charge in [-0.05, 0) is 56.3 Å². The fourth-order valence-electron chi connectivity index (χ4n) is 8.19. The van der Waals surface area contributed by atoms with Gasteiger partial charge in [0.25, 0.3) is 0 Å². The molecular weight excluding hydrogens is 537 g/mol. The molecule has 0 heterocycles. The number of aliphatic hydroxyl groups excluding tert-OH is 1. The zero-order valence-corrected chi connectivity index (χ0v) is 23.5. The van der Waals surface area contributed by atoms with Gasteiger partial charge in [0.1, 0.15) is 12.8 Å². The SMILES string of the molecule is CCCCC(=O)O[C@]1(C(=O)COP(=O)(O)O)[C@H](C)CC2C3C[C@H](F)C4=CC(=O)C=C[C@]4(C)[C@@]3(F)C(O)C[C@@]21C. The molecule has 12 heteroatoms. The van der Waals surface area contributed by atoms with Gasteiger partial charge in [-0.25, -0.2) is 13.3 Å². The number of unbranched alkanes of at least 4 members (excludes halogenated alkanes) is 1. The third-order valence-electron chi connectivity index (χ3n) is 9.96. The number of carbonyl (C=O) groups excluding carboxylic acids is 3. The highest BCUT2D eigenvalue weighted by Gasteiger charge is 2.78. The molecule has 0 aromatic rings. The molecule has 3 N–H and O–H groups in total. The van der Waals surface area contributed by atoms with Crippen molar-refractivity contribution in [1.82, 2.24) is 0 Å². The average Bonchev–Trinajstić information content (AvgIpc) is 3.06. The van der Waals surface area contributed by atoms with Gasteiger partial charge in [0.05, 0.1) is 6.10 Å². The first-order chi connectivity index (χ1) is 18.0. The molecule has 0 bridgehead atoms. The second-order valence-electron chi connectivity index (χ2n) is 12.0. The van der Waals surface area contributed by atoms with E-state index >= 15 is 8.78 Å². The monoisotopic (exact) mass is 574 g/mol. The van der Waals surface area contributed by atoms with Crippen LogP contribution in [0.4, 0.5) is 8.78 Å². The summed E-state index contributed by atoms with van der Waals surface area (Å²) >= 11 is 0. The van der Waals surface area contributed by atoms with Crippen molar-refractivity contribution >= 4 is 25.4 Å². The predicted molar refractivity (Wildman–Crippen MR) is 135 cm³/mol. The lowest BCUT2D eigenvalue weighted by Gasteiger charge is -2.63. The number of phosphoric acid groups is 1. The number of allylic oxidation sites excluding steroid dienone is 4. The Bertz CT molecular complexity index is 1170. The van der Waals surface area contributed by atoms with Gasteiger partial charge in [-0.1, -0.05) is 33.3 Å². The molecule has 0 aliphatic heterocycles. The van der Waals surface area contributed by atoms with Crippen molar-refractivity contribution in [3.63, 3.8) is 0 Å². The van der Waals surface area contributed by atoms with Crippen LogP contribution in [0.3, 0.4) is 0 Å². The van der Waals surface area contributed by atoms with Crippen molar-refractivity contribution in [2.24, 2.45) is 28.6 Å². The Morgan fingerprint density at radius 3 is 2.49 bits per heavy atom. The maximum Gasteiger partial charge on any atom is 0.470 e. The summed E-state index contributed by atoms with van der Waals surface area (Å²) in [6.07, 6.45) is 0.693. The van der Waals surface area contributed by atoms with Gasteiger partial charge in [-0.15, -0.1) is 0 Å². The lowest BCUT2D eigenvalue weighted by atomic mass is 9.44. The van der Waals surface area contributed by atoms with Gasteiger partial charge in [-0.3, -0.25) is 18.9 Å². The molecule has 0 aromatic heterocycles. The summed E-state index contributed by atoms with van der Waals surface area (Å²) in [5, 5.41) is 11.5. The quantitative estimate of drug-likeness (QED) is 0.292. The summed E-state index contributed by atoms with van der Waals surface area (Å²) in [6, 6.07) is 0. The van der Waals surface area contributed by atoms with E-state index in [9.17, 15) is 33.8 Å². The van der Waals surface area contributed by atoms with Crippen LogP contribution in [0.25, 0.3) is 0 Å². The van der Waals surface area contributed by atoms with Crippen LogP contribution in [0.1, 0.15) is 66.2 Å². The molecule has 4 aliphatic carbocycles. The molecule has 3 saturated carbocycles. The van der Waals surface area contributed by atoms with Crippen LogP contribution in [-0.4, -0.2) is 62.6 Å². The maximum absolute atomic E-state index is 17.4. The molecule has 9 nitrogen and oxygen atoms in total. The van der Waals surface area contributed by atoms with Crippen molar-refractivity contribution < 1.29 is 51.9 Å². The first-order valence-corrected chi connectivity index (χ1v) is 14.9. The number of halogens is 2. The van der Waals surface area contributed by atoms with Crippen molar-refractivity contribution in [2.45, 2.75) is 89.8 Å². The molecule has 39 heavy (non-hydrogen) atoms. The number of alkyl halides is 2. The minimum atomic E-state index is -5.07. The van der Waals surface area contributed by atoms with Crippen LogP contribution in [0, 0.1) is 28.6 Å². The molecule has 0 spiro atoms. The van der Waals surface area contributed by atoms with Gasteiger partial charge < -0.3 is 19.6 Å². The zero-order valence-electron chi connectivity index (χ0n) is 22.6. The first-order valence-electron chi connectivity index (χ1n) is 13.4. The lowest BCUT2D eigenvalue weighted by molar-refractivity contribution is -0.231. The van der Waals surface area contributed by atoms with Gasteiger partial charge in [0, 0.05) is 29.1 Å². The molecule has 0 aromatic carbocycles. The third kappa shape index (κ3) is 4.40. The van der Waals surface area contributed by atoms with E-state index in [0.717, 1.165) is 6.08 Å². The van der Waals surface area contributed by atoms with Crippen LogP contribution in [0.15, 0.2) is 23.8 Å². The van der Waals surface area contributed by atoms with Gasteiger partial charge >= 0.3 is 13.8 Å². The molecule has 218 valence electrons. The molecule has 0 saturated heterocycles. The number of aliphatic hydroxyl groups is 1. The maximum atomic E-state index is 17.4. The van der Waals surface area contributed by atoms with Crippen molar-refractivity contribution in [3.8, 4) is 0 Å². The Kier molecular flexibility index (Phi) is 7.70. The number of Topliss-reactive ketones (excluding diaryl/α,β-unsaturated/α-hetero) is 1. The van der Waals surface area contributed by atoms with E-state index in [1.807, 2.05) is 6.92 Å². The Balaban J connectivity index is 1.82.